The van der Waals surface area contributed by atoms with E-state index in [-0.39, 0.29) is 0 Å². The van der Waals surface area contributed by atoms with Crippen molar-refractivity contribution in [3.8, 4) is 28.0 Å². The molecule has 0 radical (unpaired) electrons. The number of hydrogen-bond donors (Lipinski definition) is 1. The van der Waals surface area contributed by atoms with Crippen LogP contribution in [-0.2, 0) is 6.54 Å². The lowest BCUT2D eigenvalue weighted by Gasteiger charge is -2.16. The summed E-state index contributed by atoms with van der Waals surface area (Å²) in [4.78, 5) is 2.13. The average Bonchev–Trinajstić information content (AvgIpc) is 2.57. The van der Waals surface area contributed by atoms with Crippen molar-refractivity contribution in [2.24, 2.45) is 0 Å². The van der Waals surface area contributed by atoms with E-state index in [9.17, 15) is 5.11 Å². The Bertz CT molecular complexity index is 719. The van der Waals surface area contributed by atoms with E-state index in [4.69, 9.17) is 0 Å². The van der Waals surface area contributed by atoms with Crippen LogP contribution in [0.25, 0.3) is 22.3 Å². The smallest absolute Gasteiger partial charge is 0.131 e. The maximum atomic E-state index is 10.8. The molecule has 23 heavy (non-hydrogen) atoms. The summed E-state index contributed by atoms with van der Waals surface area (Å²) < 4.78 is 0. The summed E-state index contributed by atoms with van der Waals surface area (Å²) >= 11 is 0. The summed E-state index contributed by atoms with van der Waals surface area (Å²) in [5, 5.41) is 10.8. The molecule has 3 aromatic rings. The van der Waals surface area contributed by atoms with Crippen LogP contribution in [0.5, 0.6) is 5.75 Å². The SMILES string of the molecule is CN(C)Cc1cc(-c2ccccc2)c(O)c(-c2ccccc2)c1. The number of aromatic hydroxyl groups is 1. The van der Waals surface area contributed by atoms with Gasteiger partial charge in [0.2, 0.25) is 0 Å². The van der Waals surface area contributed by atoms with Gasteiger partial charge in [-0.1, -0.05) is 60.7 Å². The van der Waals surface area contributed by atoms with Gasteiger partial charge in [-0.15, -0.1) is 0 Å². The van der Waals surface area contributed by atoms with E-state index < -0.39 is 0 Å². The molecule has 0 aromatic heterocycles. The van der Waals surface area contributed by atoms with Gasteiger partial charge < -0.3 is 10.0 Å². The Balaban J connectivity index is 2.19. The lowest BCUT2D eigenvalue weighted by Crippen LogP contribution is -2.10. The summed E-state index contributed by atoms with van der Waals surface area (Å²) in [6, 6.07) is 24.2. The van der Waals surface area contributed by atoms with Crippen molar-refractivity contribution in [3.05, 3.63) is 78.4 Å². The molecule has 0 heterocycles. The van der Waals surface area contributed by atoms with Gasteiger partial charge in [0.1, 0.15) is 5.75 Å². The van der Waals surface area contributed by atoms with E-state index in [2.05, 4.69) is 31.1 Å². The summed E-state index contributed by atoms with van der Waals surface area (Å²) in [5.41, 5.74) is 5.00. The Hall–Kier alpha value is -2.58. The van der Waals surface area contributed by atoms with Crippen molar-refractivity contribution < 1.29 is 5.11 Å². The van der Waals surface area contributed by atoms with Crippen LogP contribution in [0.1, 0.15) is 5.56 Å². The molecule has 0 amide bonds. The molecule has 0 spiro atoms. The molecule has 2 nitrogen and oxygen atoms in total. The highest BCUT2D eigenvalue weighted by atomic mass is 16.3. The lowest BCUT2D eigenvalue weighted by molar-refractivity contribution is 0.402. The quantitative estimate of drug-likeness (QED) is 0.749. The van der Waals surface area contributed by atoms with E-state index in [1.54, 1.807) is 0 Å². The third kappa shape index (κ3) is 3.43. The van der Waals surface area contributed by atoms with Crippen LogP contribution >= 0.6 is 0 Å². The van der Waals surface area contributed by atoms with Crippen molar-refractivity contribution in [3.63, 3.8) is 0 Å². The number of nitrogens with zero attached hydrogens (tertiary/aromatic N) is 1. The first kappa shape index (κ1) is 15.3. The number of hydrogen-bond acceptors (Lipinski definition) is 2. The van der Waals surface area contributed by atoms with Crippen molar-refractivity contribution in [1.29, 1.82) is 0 Å². The van der Waals surface area contributed by atoms with Crippen LogP contribution in [0.3, 0.4) is 0 Å². The number of phenolic OH excluding ortho intramolecular Hbond substituents is 1. The first-order chi connectivity index (χ1) is 11.1. The topological polar surface area (TPSA) is 23.5 Å². The minimum atomic E-state index is 0.338. The van der Waals surface area contributed by atoms with Gasteiger partial charge in [-0.3, -0.25) is 0 Å². The molecule has 0 saturated heterocycles. The van der Waals surface area contributed by atoms with Gasteiger partial charge in [-0.2, -0.15) is 0 Å². The molecule has 3 rings (SSSR count). The zero-order valence-corrected chi connectivity index (χ0v) is 13.5. The zero-order chi connectivity index (χ0) is 16.2. The second-order valence-corrected chi connectivity index (χ2v) is 6.01. The van der Waals surface area contributed by atoms with Crippen molar-refractivity contribution in [1.82, 2.24) is 4.90 Å². The molecule has 0 unspecified atom stereocenters. The molecule has 0 aliphatic carbocycles. The summed E-state index contributed by atoms with van der Waals surface area (Å²) in [6.45, 7) is 0.833. The van der Waals surface area contributed by atoms with Gasteiger partial charge in [0.05, 0.1) is 0 Å². The molecule has 2 heteroatoms. The molecule has 0 aliphatic rings. The molecular formula is C21H21NO. The van der Waals surface area contributed by atoms with Crippen molar-refractivity contribution in [2.75, 3.05) is 14.1 Å². The third-order valence-corrected chi connectivity index (χ3v) is 3.84. The molecule has 0 fully saturated rings. The van der Waals surface area contributed by atoms with Crippen molar-refractivity contribution >= 4 is 0 Å². The van der Waals surface area contributed by atoms with Crippen LogP contribution in [0.4, 0.5) is 0 Å². The second-order valence-electron chi connectivity index (χ2n) is 6.01. The summed E-state index contributed by atoms with van der Waals surface area (Å²) in [5.74, 6) is 0.338. The van der Waals surface area contributed by atoms with E-state index in [0.717, 1.165) is 28.8 Å². The number of benzene rings is 3. The van der Waals surface area contributed by atoms with Crippen LogP contribution in [0.2, 0.25) is 0 Å². The molecule has 0 atom stereocenters. The molecule has 3 aromatic carbocycles. The van der Waals surface area contributed by atoms with Gasteiger partial charge in [-0.25, -0.2) is 0 Å². The molecule has 116 valence electrons. The summed E-state index contributed by atoms with van der Waals surface area (Å²) in [6.07, 6.45) is 0. The molecule has 1 N–H and O–H groups in total. The highest BCUT2D eigenvalue weighted by molar-refractivity contribution is 5.82. The van der Waals surface area contributed by atoms with E-state index in [0.29, 0.717) is 5.75 Å². The van der Waals surface area contributed by atoms with E-state index >= 15 is 0 Å². The standard InChI is InChI=1S/C21H21NO/c1-22(2)15-16-13-19(17-9-5-3-6-10-17)21(23)20(14-16)18-11-7-4-8-12-18/h3-14,23H,15H2,1-2H3. The first-order valence-electron chi connectivity index (χ1n) is 7.76. The highest BCUT2D eigenvalue weighted by Crippen LogP contribution is 2.39. The third-order valence-electron chi connectivity index (χ3n) is 3.84. The molecule has 0 saturated carbocycles. The Morgan fingerprint density at radius 3 is 1.57 bits per heavy atom. The Labute approximate surface area is 137 Å². The monoisotopic (exact) mass is 303 g/mol. The fraction of sp³-hybridized carbons (Fsp3) is 0.143. The Morgan fingerprint density at radius 1 is 0.739 bits per heavy atom. The largest absolute Gasteiger partial charge is 0.507 e. The zero-order valence-electron chi connectivity index (χ0n) is 13.5. The van der Waals surface area contributed by atoms with Crippen LogP contribution in [-0.4, -0.2) is 24.1 Å². The van der Waals surface area contributed by atoms with Crippen molar-refractivity contribution in [2.45, 2.75) is 6.54 Å². The molecule has 0 bridgehead atoms. The van der Waals surface area contributed by atoms with Gasteiger partial charge in [-0.05, 0) is 42.9 Å². The van der Waals surface area contributed by atoms with Gasteiger partial charge in [0, 0.05) is 17.7 Å². The Kier molecular flexibility index (Phi) is 4.45. The van der Waals surface area contributed by atoms with Crippen LogP contribution < -0.4 is 0 Å². The van der Waals surface area contributed by atoms with Crippen LogP contribution in [0.15, 0.2) is 72.8 Å². The molecule has 0 aliphatic heterocycles. The number of phenols is 1. The van der Waals surface area contributed by atoms with E-state index in [1.165, 1.54) is 5.56 Å². The maximum Gasteiger partial charge on any atom is 0.131 e. The Morgan fingerprint density at radius 2 is 1.17 bits per heavy atom. The fourth-order valence-corrected chi connectivity index (χ4v) is 2.83. The van der Waals surface area contributed by atoms with Gasteiger partial charge in [0.15, 0.2) is 0 Å². The van der Waals surface area contributed by atoms with Gasteiger partial charge in [0.25, 0.3) is 0 Å². The highest BCUT2D eigenvalue weighted by Gasteiger charge is 2.13. The average molecular weight is 303 g/mol. The van der Waals surface area contributed by atoms with E-state index in [1.807, 2.05) is 60.7 Å². The predicted molar refractivity (Wildman–Crippen MR) is 96.4 cm³/mol. The fourth-order valence-electron chi connectivity index (χ4n) is 2.83. The predicted octanol–water partition coefficient (Wildman–Crippen LogP) is 4.79. The normalized spacial score (nSPS) is 10.9. The summed E-state index contributed by atoms with van der Waals surface area (Å²) in [7, 11) is 4.11. The van der Waals surface area contributed by atoms with Gasteiger partial charge >= 0.3 is 0 Å². The minimum absolute atomic E-state index is 0.338. The first-order valence-corrected chi connectivity index (χ1v) is 7.76. The number of rotatable bonds is 4. The minimum Gasteiger partial charge on any atom is -0.507 e. The lowest BCUT2D eigenvalue weighted by atomic mass is 9.94. The maximum absolute atomic E-state index is 10.8. The van der Waals surface area contributed by atoms with Crippen LogP contribution in [0, 0.1) is 0 Å². The second kappa shape index (κ2) is 6.67. The molecular weight excluding hydrogens is 282 g/mol.